The van der Waals surface area contributed by atoms with Crippen LogP contribution in [0.3, 0.4) is 0 Å². The van der Waals surface area contributed by atoms with Gasteiger partial charge in [-0.3, -0.25) is 4.98 Å². The zero-order valence-corrected chi connectivity index (χ0v) is 9.33. The van der Waals surface area contributed by atoms with Crippen LogP contribution in [0.5, 0.6) is 0 Å². The Balaban J connectivity index is 0.00000121. The minimum atomic E-state index is -0.946. The predicted molar refractivity (Wildman–Crippen MR) is 54.1 cm³/mol. The number of hydrogen-bond acceptors (Lipinski definition) is 2. The third-order valence-electron chi connectivity index (χ3n) is 1.21. The van der Waals surface area contributed by atoms with Crippen LogP contribution in [-0.4, -0.2) is 16.1 Å². The lowest BCUT2D eigenvalue weighted by Gasteiger charge is -1.94. The van der Waals surface area contributed by atoms with Crippen LogP contribution in [0.4, 0.5) is 0 Å². The van der Waals surface area contributed by atoms with Crippen molar-refractivity contribution in [2.75, 3.05) is 0 Å². The van der Waals surface area contributed by atoms with Crippen molar-refractivity contribution in [3.8, 4) is 0 Å². The van der Waals surface area contributed by atoms with E-state index in [1.807, 2.05) is 0 Å². The van der Waals surface area contributed by atoms with Crippen molar-refractivity contribution in [1.29, 1.82) is 0 Å². The van der Waals surface area contributed by atoms with Crippen LogP contribution in [0.2, 0.25) is 0 Å². The minimum Gasteiger partial charge on any atom is -0.478 e. The van der Waals surface area contributed by atoms with Gasteiger partial charge >= 0.3 is 5.97 Å². The zero-order chi connectivity index (χ0) is 8.27. The molecule has 0 amide bonds. The fourth-order valence-corrected chi connectivity index (χ4v) is 0.962. The highest BCUT2D eigenvalue weighted by atomic mass is 79.9. The van der Waals surface area contributed by atoms with Gasteiger partial charge in [-0.25, -0.2) is 4.79 Å². The molecule has 5 heteroatoms. The molecule has 66 valence electrons. The summed E-state index contributed by atoms with van der Waals surface area (Å²) in [4.78, 5) is 14.2. The molecule has 3 nitrogen and oxygen atoms in total. The van der Waals surface area contributed by atoms with Crippen LogP contribution in [0.25, 0.3) is 0 Å². The van der Waals surface area contributed by atoms with Gasteiger partial charge < -0.3 is 5.11 Å². The number of alkyl halides is 1. The molecule has 0 aliphatic carbocycles. The van der Waals surface area contributed by atoms with Crippen LogP contribution in [0.1, 0.15) is 16.1 Å². The number of carbonyl (C=O) groups is 1. The first-order valence-corrected chi connectivity index (χ1v) is 4.10. The fourth-order valence-electron chi connectivity index (χ4n) is 0.630. The molecule has 12 heavy (non-hydrogen) atoms. The summed E-state index contributed by atoms with van der Waals surface area (Å²) in [5.74, 6) is -0.946. The van der Waals surface area contributed by atoms with Crippen molar-refractivity contribution in [2.24, 2.45) is 0 Å². The summed E-state index contributed by atoms with van der Waals surface area (Å²) in [5.41, 5.74) is 1.05. The fraction of sp³-hybridized carbons (Fsp3) is 0.143. The van der Waals surface area contributed by atoms with Crippen molar-refractivity contribution in [3.63, 3.8) is 0 Å². The van der Waals surface area contributed by atoms with E-state index in [1.165, 1.54) is 12.3 Å². The van der Waals surface area contributed by atoms with E-state index in [0.717, 1.165) is 5.69 Å². The largest absolute Gasteiger partial charge is 0.478 e. The highest BCUT2D eigenvalue weighted by Gasteiger charge is 2.01. The van der Waals surface area contributed by atoms with Crippen LogP contribution in [0, 0.1) is 0 Å². The Bertz CT molecular complexity index is 261. The van der Waals surface area contributed by atoms with Crippen LogP contribution >= 0.6 is 32.9 Å². The molecule has 0 atom stereocenters. The molecule has 1 rings (SSSR count). The summed E-state index contributed by atoms with van der Waals surface area (Å²) in [7, 11) is 0. The van der Waals surface area contributed by atoms with Crippen molar-refractivity contribution >= 4 is 38.9 Å². The maximum absolute atomic E-state index is 10.3. The second-order valence-electron chi connectivity index (χ2n) is 1.98. The summed E-state index contributed by atoms with van der Waals surface area (Å²) in [6.45, 7) is 0. The molecule has 0 aromatic carbocycles. The van der Waals surface area contributed by atoms with Gasteiger partial charge in [-0.1, -0.05) is 15.9 Å². The number of hydrogen-bond donors (Lipinski definition) is 1. The quantitative estimate of drug-likeness (QED) is 0.852. The predicted octanol–water partition coefficient (Wildman–Crippen LogP) is 2.25. The zero-order valence-electron chi connectivity index (χ0n) is 6.03. The monoisotopic (exact) mass is 295 g/mol. The number of carboxylic acids is 1. The highest BCUT2D eigenvalue weighted by molar-refractivity contribution is 9.08. The lowest BCUT2D eigenvalue weighted by Crippen LogP contribution is -1.97. The number of carboxylic acid groups (broad SMARTS) is 1. The number of nitrogens with zero attached hydrogens (tertiary/aromatic N) is 1. The Morgan fingerprint density at radius 1 is 1.58 bits per heavy atom. The Hall–Kier alpha value is -0.420. The Kier molecular flexibility index (Phi) is 5.08. The van der Waals surface area contributed by atoms with Gasteiger partial charge in [0.25, 0.3) is 0 Å². The van der Waals surface area contributed by atoms with Crippen molar-refractivity contribution in [3.05, 3.63) is 29.6 Å². The number of aromatic nitrogens is 1. The van der Waals surface area contributed by atoms with Gasteiger partial charge in [-0.2, -0.15) is 0 Å². The topological polar surface area (TPSA) is 50.2 Å². The summed E-state index contributed by atoms with van der Waals surface area (Å²) in [6.07, 6.45) is 1.35. The third-order valence-corrected chi connectivity index (χ3v) is 1.78. The normalized spacial score (nSPS) is 8.75. The molecule has 1 aromatic heterocycles. The van der Waals surface area contributed by atoms with Gasteiger partial charge in [0.2, 0.25) is 0 Å². The van der Waals surface area contributed by atoms with E-state index >= 15 is 0 Å². The van der Waals surface area contributed by atoms with Gasteiger partial charge in [0.15, 0.2) is 0 Å². The first-order valence-electron chi connectivity index (χ1n) is 2.98. The Labute approximate surface area is 88.7 Å². The van der Waals surface area contributed by atoms with E-state index in [-0.39, 0.29) is 22.5 Å². The average molecular weight is 297 g/mol. The molecular weight excluding hydrogens is 290 g/mol. The first kappa shape index (κ1) is 11.6. The first-order chi connectivity index (χ1) is 5.24. The molecule has 0 radical (unpaired) electrons. The second kappa shape index (κ2) is 5.27. The van der Waals surface area contributed by atoms with Gasteiger partial charge in [-0.05, 0) is 12.1 Å². The smallest absolute Gasteiger partial charge is 0.337 e. The van der Waals surface area contributed by atoms with Crippen LogP contribution in [-0.2, 0) is 5.33 Å². The molecule has 0 spiro atoms. The van der Waals surface area contributed by atoms with E-state index in [0.29, 0.717) is 5.33 Å². The number of pyridine rings is 1. The SMILES string of the molecule is Br.O=C(O)c1ccc(CBr)nc1. The number of aromatic carboxylic acids is 1. The highest BCUT2D eigenvalue weighted by Crippen LogP contribution is 2.03. The van der Waals surface area contributed by atoms with E-state index < -0.39 is 5.97 Å². The Morgan fingerprint density at radius 3 is 2.58 bits per heavy atom. The van der Waals surface area contributed by atoms with Crippen LogP contribution in [0.15, 0.2) is 18.3 Å². The molecule has 0 aliphatic heterocycles. The van der Waals surface area contributed by atoms with Crippen molar-refractivity contribution in [1.82, 2.24) is 4.98 Å². The molecule has 0 bridgehead atoms. The molecule has 0 saturated carbocycles. The van der Waals surface area contributed by atoms with Crippen molar-refractivity contribution < 1.29 is 9.90 Å². The maximum Gasteiger partial charge on any atom is 0.337 e. The summed E-state index contributed by atoms with van der Waals surface area (Å²) >= 11 is 3.21. The Morgan fingerprint density at radius 2 is 2.25 bits per heavy atom. The van der Waals surface area contributed by atoms with E-state index in [2.05, 4.69) is 20.9 Å². The van der Waals surface area contributed by atoms with E-state index in [4.69, 9.17) is 5.11 Å². The lowest BCUT2D eigenvalue weighted by molar-refractivity contribution is 0.0696. The van der Waals surface area contributed by atoms with Gasteiger partial charge in [-0.15, -0.1) is 17.0 Å². The van der Waals surface area contributed by atoms with Gasteiger partial charge in [0, 0.05) is 11.5 Å². The maximum atomic E-state index is 10.3. The summed E-state index contributed by atoms with van der Waals surface area (Å²) < 4.78 is 0. The molecule has 0 aliphatic rings. The van der Waals surface area contributed by atoms with E-state index in [1.54, 1.807) is 6.07 Å². The average Bonchev–Trinajstić information content (AvgIpc) is 2.05. The molecular formula is C7H7Br2NO2. The number of rotatable bonds is 2. The molecule has 1 N–H and O–H groups in total. The summed E-state index contributed by atoms with van der Waals surface area (Å²) in [5, 5.41) is 9.14. The summed E-state index contributed by atoms with van der Waals surface area (Å²) in [6, 6.07) is 3.21. The molecule has 1 heterocycles. The number of halogens is 2. The molecule has 0 unspecified atom stereocenters. The van der Waals surface area contributed by atoms with Gasteiger partial charge in [0.1, 0.15) is 0 Å². The molecule has 0 saturated heterocycles. The standard InChI is InChI=1S/C7H6BrNO2.BrH/c8-3-6-2-1-5(4-9-6)7(10)11;/h1-2,4H,3H2,(H,10,11);1H. The van der Waals surface area contributed by atoms with E-state index in [9.17, 15) is 4.79 Å². The third kappa shape index (κ3) is 2.91. The minimum absolute atomic E-state index is 0. The molecule has 0 fully saturated rings. The second-order valence-corrected chi connectivity index (χ2v) is 2.54. The lowest BCUT2D eigenvalue weighted by atomic mass is 10.2. The molecule has 1 aromatic rings. The van der Waals surface area contributed by atoms with Crippen molar-refractivity contribution in [2.45, 2.75) is 5.33 Å². The van der Waals surface area contributed by atoms with Gasteiger partial charge in [0.05, 0.1) is 11.3 Å². The van der Waals surface area contributed by atoms with Crippen LogP contribution < -0.4 is 0 Å².